The zero-order valence-corrected chi connectivity index (χ0v) is 15.4. The number of hydrogen-bond acceptors (Lipinski definition) is 5. The Balaban J connectivity index is 2.02. The van der Waals surface area contributed by atoms with Crippen LogP contribution in [0.1, 0.15) is 56.9 Å². The molecule has 1 aliphatic carbocycles. The van der Waals surface area contributed by atoms with Gasteiger partial charge in [-0.2, -0.15) is 0 Å². The summed E-state index contributed by atoms with van der Waals surface area (Å²) in [5.41, 5.74) is 5.29. The second kappa shape index (κ2) is 6.28. The minimum Gasteiger partial charge on any atom is -0.474 e. The fraction of sp³-hybridized carbons (Fsp3) is 0.526. The van der Waals surface area contributed by atoms with E-state index >= 15 is 0 Å². The van der Waals surface area contributed by atoms with Crippen molar-refractivity contribution in [2.24, 2.45) is 0 Å². The van der Waals surface area contributed by atoms with Crippen molar-refractivity contribution in [3.63, 3.8) is 0 Å². The molecule has 3 aromatic rings. The first-order valence-corrected chi connectivity index (χ1v) is 9.75. The average Bonchev–Trinajstić information content (AvgIpc) is 2.94. The van der Waals surface area contributed by atoms with Crippen molar-refractivity contribution in [2.75, 3.05) is 0 Å². The van der Waals surface area contributed by atoms with Crippen LogP contribution in [0.4, 0.5) is 0 Å². The number of ether oxygens (including phenoxy) is 1. The molecule has 0 fully saturated rings. The van der Waals surface area contributed by atoms with Crippen LogP contribution in [0.2, 0.25) is 0 Å². The minimum atomic E-state index is 0.103. The lowest BCUT2D eigenvalue weighted by atomic mass is 9.88. The standard InChI is InChI=1S/C19H23N3OS/c1-4-7-14-12-8-5-6-9-13(12)15-16-17(24-19(15)22-14)18(21-10-20-16)23-11(2)3/h10-11H,4-9H2,1-3H3. The van der Waals surface area contributed by atoms with Crippen LogP contribution in [-0.2, 0) is 19.3 Å². The number of aryl methyl sites for hydroxylation is 2. The van der Waals surface area contributed by atoms with E-state index in [1.807, 2.05) is 13.8 Å². The molecule has 0 bridgehead atoms. The summed E-state index contributed by atoms with van der Waals surface area (Å²) in [6, 6.07) is 0. The Morgan fingerprint density at radius 2 is 1.96 bits per heavy atom. The van der Waals surface area contributed by atoms with E-state index < -0.39 is 0 Å². The molecule has 0 unspecified atom stereocenters. The maximum Gasteiger partial charge on any atom is 0.235 e. The molecule has 1 aliphatic rings. The molecule has 0 atom stereocenters. The molecule has 0 spiro atoms. The zero-order chi connectivity index (χ0) is 16.7. The lowest BCUT2D eigenvalue weighted by Gasteiger charge is -2.19. The van der Waals surface area contributed by atoms with Crippen molar-refractivity contribution in [2.45, 2.75) is 65.4 Å². The van der Waals surface area contributed by atoms with Crippen LogP contribution in [0.3, 0.4) is 0 Å². The molecule has 0 aromatic carbocycles. The van der Waals surface area contributed by atoms with Crippen molar-refractivity contribution in [1.82, 2.24) is 15.0 Å². The van der Waals surface area contributed by atoms with Gasteiger partial charge >= 0.3 is 0 Å². The first-order valence-electron chi connectivity index (χ1n) is 8.93. The Bertz CT molecular complexity index is 901. The molecule has 3 heterocycles. The summed E-state index contributed by atoms with van der Waals surface area (Å²) in [7, 11) is 0. The maximum absolute atomic E-state index is 5.91. The number of pyridine rings is 1. The zero-order valence-electron chi connectivity index (χ0n) is 14.6. The van der Waals surface area contributed by atoms with Crippen molar-refractivity contribution in [3.8, 4) is 5.88 Å². The summed E-state index contributed by atoms with van der Waals surface area (Å²) >= 11 is 1.68. The van der Waals surface area contributed by atoms with E-state index in [-0.39, 0.29) is 6.10 Å². The number of fused-ring (bicyclic) bond motifs is 5. The summed E-state index contributed by atoms with van der Waals surface area (Å²) in [5.74, 6) is 0.694. The molecular formula is C19H23N3OS. The van der Waals surface area contributed by atoms with Gasteiger partial charge < -0.3 is 4.74 Å². The third kappa shape index (κ3) is 2.55. The Morgan fingerprint density at radius 3 is 2.71 bits per heavy atom. The summed E-state index contributed by atoms with van der Waals surface area (Å²) < 4.78 is 6.95. The van der Waals surface area contributed by atoms with Crippen LogP contribution in [0, 0.1) is 0 Å². The van der Waals surface area contributed by atoms with E-state index in [1.54, 1.807) is 17.7 Å². The van der Waals surface area contributed by atoms with E-state index in [4.69, 9.17) is 9.72 Å². The largest absolute Gasteiger partial charge is 0.474 e. The van der Waals surface area contributed by atoms with Crippen molar-refractivity contribution >= 4 is 31.8 Å². The first kappa shape index (κ1) is 15.8. The molecule has 3 aromatic heterocycles. The normalized spacial score (nSPS) is 14.5. The topological polar surface area (TPSA) is 47.9 Å². The van der Waals surface area contributed by atoms with Gasteiger partial charge in [-0.05, 0) is 57.1 Å². The van der Waals surface area contributed by atoms with Gasteiger partial charge in [0.1, 0.15) is 15.9 Å². The fourth-order valence-corrected chi connectivity index (χ4v) is 4.78. The molecule has 0 saturated carbocycles. The van der Waals surface area contributed by atoms with Crippen molar-refractivity contribution in [1.29, 1.82) is 0 Å². The second-order valence-corrected chi connectivity index (χ2v) is 7.78. The number of hydrogen-bond donors (Lipinski definition) is 0. The highest BCUT2D eigenvalue weighted by atomic mass is 32.1. The number of rotatable bonds is 4. The molecule has 24 heavy (non-hydrogen) atoms. The van der Waals surface area contributed by atoms with Gasteiger partial charge in [0.2, 0.25) is 5.88 Å². The Labute approximate surface area is 146 Å². The fourth-order valence-electron chi connectivity index (χ4n) is 3.67. The van der Waals surface area contributed by atoms with Crippen molar-refractivity contribution in [3.05, 3.63) is 23.1 Å². The predicted molar refractivity (Wildman–Crippen MR) is 99.1 cm³/mol. The summed E-state index contributed by atoms with van der Waals surface area (Å²) in [6.07, 6.45) is 8.76. The number of aromatic nitrogens is 3. The highest BCUT2D eigenvalue weighted by Gasteiger charge is 2.23. The Hall–Kier alpha value is -1.75. The highest BCUT2D eigenvalue weighted by Crippen LogP contribution is 2.41. The van der Waals surface area contributed by atoms with Gasteiger partial charge in [-0.15, -0.1) is 11.3 Å². The lowest BCUT2D eigenvalue weighted by molar-refractivity contribution is 0.236. The molecule has 0 saturated heterocycles. The molecule has 0 amide bonds. The molecule has 4 rings (SSSR count). The molecule has 4 nitrogen and oxygen atoms in total. The Morgan fingerprint density at radius 1 is 1.17 bits per heavy atom. The van der Waals surface area contributed by atoms with Crippen molar-refractivity contribution < 1.29 is 4.74 Å². The molecule has 0 radical (unpaired) electrons. The van der Waals surface area contributed by atoms with Gasteiger partial charge in [0.15, 0.2) is 0 Å². The van der Waals surface area contributed by atoms with Gasteiger partial charge in [-0.1, -0.05) is 13.3 Å². The average molecular weight is 341 g/mol. The predicted octanol–water partition coefficient (Wildman–Crippen LogP) is 4.86. The molecule has 5 heteroatoms. The smallest absolute Gasteiger partial charge is 0.235 e. The van der Waals surface area contributed by atoms with Crippen LogP contribution in [0.15, 0.2) is 6.33 Å². The van der Waals surface area contributed by atoms with Gasteiger partial charge in [-0.25, -0.2) is 15.0 Å². The third-order valence-electron chi connectivity index (χ3n) is 4.61. The van der Waals surface area contributed by atoms with E-state index in [9.17, 15) is 0 Å². The lowest BCUT2D eigenvalue weighted by Crippen LogP contribution is -2.09. The highest BCUT2D eigenvalue weighted by molar-refractivity contribution is 7.25. The molecule has 0 N–H and O–H groups in total. The Kier molecular flexibility index (Phi) is 4.12. The summed E-state index contributed by atoms with van der Waals surface area (Å²) in [5, 5.41) is 1.25. The van der Waals surface area contributed by atoms with E-state index in [1.165, 1.54) is 35.0 Å². The van der Waals surface area contributed by atoms with Crippen LogP contribution in [0.25, 0.3) is 20.4 Å². The van der Waals surface area contributed by atoms with Gasteiger partial charge in [0, 0.05) is 11.1 Å². The molecule has 126 valence electrons. The van der Waals surface area contributed by atoms with Gasteiger partial charge in [-0.3, -0.25) is 0 Å². The van der Waals surface area contributed by atoms with E-state index in [0.29, 0.717) is 5.88 Å². The molecule has 0 aliphatic heterocycles. The second-order valence-electron chi connectivity index (χ2n) is 6.78. The van der Waals surface area contributed by atoms with Gasteiger partial charge in [0.25, 0.3) is 0 Å². The molecular weight excluding hydrogens is 318 g/mol. The quantitative estimate of drug-likeness (QED) is 0.680. The van der Waals surface area contributed by atoms with E-state index in [2.05, 4.69) is 16.9 Å². The third-order valence-corrected chi connectivity index (χ3v) is 5.67. The van der Waals surface area contributed by atoms with Crippen LogP contribution >= 0.6 is 11.3 Å². The number of nitrogens with zero attached hydrogens (tertiary/aromatic N) is 3. The summed E-state index contributed by atoms with van der Waals surface area (Å²) in [6.45, 7) is 6.29. The van der Waals surface area contributed by atoms with Gasteiger partial charge in [0.05, 0.1) is 11.6 Å². The minimum absolute atomic E-state index is 0.103. The monoisotopic (exact) mass is 341 g/mol. The van der Waals surface area contributed by atoms with Crippen LogP contribution in [-0.4, -0.2) is 21.1 Å². The summed E-state index contributed by atoms with van der Waals surface area (Å²) in [4.78, 5) is 15.1. The number of thiophene rings is 1. The first-order chi connectivity index (χ1) is 11.7. The van der Waals surface area contributed by atoms with Crippen LogP contribution < -0.4 is 4.74 Å². The maximum atomic E-state index is 5.91. The SMILES string of the molecule is CCCc1nc2sc3c(OC(C)C)ncnc3c2c2c1CCCC2. The van der Waals surface area contributed by atoms with E-state index in [0.717, 1.165) is 40.7 Å². The van der Waals surface area contributed by atoms with Crippen LogP contribution in [0.5, 0.6) is 5.88 Å².